The smallest absolute Gasteiger partial charge is 0.254 e. The Morgan fingerprint density at radius 1 is 0.939 bits per heavy atom. The van der Waals surface area contributed by atoms with Gasteiger partial charge in [0.1, 0.15) is 0 Å². The molecule has 5 rings (SSSR count). The van der Waals surface area contributed by atoms with E-state index in [1.165, 1.54) is 0 Å². The third-order valence-electron chi connectivity index (χ3n) is 6.61. The molecule has 1 aliphatic heterocycles. The average molecular weight is 442 g/mol. The maximum atomic E-state index is 13.1. The minimum Gasteiger partial charge on any atom is -0.399 e. The van der Waals surface area contributed by atoms with Gasteiger partial charge >= 0.3 is 0 Å². The molecule has 2 heterocycles. The predicted molar refractivity (Wildman–Crippen MR) is 132 cm³/mol. The van der Waals surface area contributed by atoms with Crippen molar-refractivity contribution in [2.45, 2.75) is 6.92 Å². The number of amides is 2. The fraction of sp³-hybridized carbons (Fsp3) is 0.231. The van der Waals surface area contributed by atoms with Crippen LogP contribution < -0.4 is 11.5 Å². The van der Waals surface area contributed by atoms with Gasteiger partial charge in [-0.3, -0.25) is 9.59 Å². The number of hydrogen-bond donors (Lipinski definition) is 3. The van der Waals surface area contributed by atoms with Gasteiger partial charge in [0.05, 0.1) is 11.1 Å². The van der Waals surface area contributed by atoms with Crippen LogP contribution in [-0.2, 0) is 0 Å². The van der Waals surface area contributed by atoms with Gasteiger partial charge in [-0.25, -0.2) is 0 Å². The van der Waals surface area contributed by atoms with Gasteiger partial charge in [0.2, 0.25) is 0 Å². The number of aromatic amines is 1. The van der Waals surface area contributed by atoms with Crippen molar-refractivity contribution < 1.29 is 9.59 Å². The molecular formula is C26H27N5O2. The van der Waals surface area contributed by atoms with Crippen LogP contribution in [-0.4, -0.2) is 59.8 Å². The van der Waals surface area contributed by atoms with E-state index in [0.29, 0.717) is 35.4 Å². The number of hydrogen-bond acceptors (Lipinski definition) is 4. The number of benzene rings is 3. The molecule has 1 saturated heterocycles. The Labute approximate surface area is 191 Å². The molecule has 1 fully saturated rings. The molecule has 3 aromatic carbocycles. The Kier molecular flexibility index (Phi) is 5.06. The SMILES string of the molecule is Cc1ccc(N)cc1-c1ccc(C(N)=O)c2[nH]c3cc(C(=O)N4CCN(C)CC4)ccc3c12. The van der Waals surface area contributed by atoms with Crippen LogP contribution in [0.2, 0.25) is 0 Å². The maximum absolute atomic E-state index is 13.1. The Morgan fingerprint density at radius 2 is 1.70 bits per heavy atom. The zero-order chi connectivity index (χ0) is 23.3. The lowest BCUT2D eigenvalue weighted by Gasteiger charge is -2.32. The average Bonchev–Trinajstić information content (AvgIpc) is 3.18. The molecule has 0 spiro atoms. The first-order valence-electron chi connectivity index (χ1n) is 11.1. The number of rotatable bonds is 3. The Hall–Kier alpha value is -3.84. The second-order valence-corrected chi connectivity index (χ2v) is 8.83. The summed E-state index contributed by atoms with van der Waals surface area (Å²) in [5.41, 5.74) is 18.0. The van der Waals surface area contributed by atoms with E-state index in [0.717, 1.165) is 46.1 Å². The third kappa shape index (κ3) is 3.60. The number of nitrogens with one attached hydrogen (secondary N) is 1. The number of nitrogen functional groups attached to an aromatic ring is 1. The first-order chi connectivity index (χ1) is 15.8. The fourth-order valence-electron chi connectivity index (χ4n) is 4.70. The zero-order valence-electron chi connectivity index (χ0n) is 18.8. The van der Waals surface area contributed by atoms with Crippen molar-refractivity contribution in [3.63, 3.8) is 0 Å². The molecular weight excluding hydrogens is 414 g/mol. The van der Waals surface area contributed by atoms with Crippen molar-refractivity contribution in [2.24, 2.45) is 5.73 Å². The van der Waals surface area contributed by atoms with Crippen LogP contribution in [0.1, 0.15) is 26.3 Å². The summed E-state index contributed by atoms with van der Waals surface area (Å²) in [6.07, 6.45) is 0. The Balaban J connectivity index is 1.69. The van der Waals surface area contributed by atoms with Gasteiger partial charge in [-0.05, 0) is 61.0 Å². The summed E-state index contributed by atoms with van der Waals surface area (Å²) in [6.45, 7) is 5.19. The number of fused-ring (bicyclic) bond motifs is 3. The van der Waals surface area contributed by atoms with Crippen LogP contribution in [0.15, 0.2) is 48.5 Å². The van der Waals surface area contributed by atoms with Gasteiger partial charge in [-0.1, -0.05) is 18.2 Å². The third-order valence-corrected chi connectivity index (χ3v) is 6.61. The van der Waals surface area contributed by atoms with Crippen LogP contribution >= 0.6 is 0 Å². The second-order valence-electron chi connectivity index (χ2n) is 8.83. The van der Waals surface area contributed by atoms with E-state index in [9.17, 15) is 9.59 Å². The van der Waals surface area contributed by atoms with Crippen LogP contribution in [0, 0.1) is 6.92 Å². The van der Waals surface area contributed by atoms with Gasteiger partial charge in [0.15, 0.2) is 0 Å². The van der Waals surface area contributed by atoms with Crippen molar-refractivity contribution in [2.75, 3.05) is 39.0 Å². The molecule has 0 saturated carbocycles. The highest BCUT2D eigenvalue weighted by Crippen LogP contribution is 2.38. The summed E-state index contributed by atoms with van der Waals surface area (Å²) in [5.74, 6) is -0.484. The van der Waals surface area contributed by atoms with E-state index in [2.05, 4.69) is 16.9 Å². The number of aromatic nitrogens is 1. The highest BCUT2D eigenvalue weighted by Gasteiger charge is 2.22. The number of piperazine rings is 1. The highest BCUT2D eigenvalue weighted by atomic mass is 16.2. The molecule has 168 valence electrons. The number of carbonyl (C=O) groups is 2. The van der Waals surface area contributed by atoms with E-state index in [4.69, 9.17) is 11.5 Å². The van der Waals surface area contributed by atoms with Crippen LogP contribution in [0.3, 0.4) is 0 Å². The van der Waals surface area contributed by atoms with Gasteiger partial charge in [0.25, 0.3) is 11.8 Å². The lowest BCUT2D eigenvalue weighted by atomic mass is 9.93. The quantitative estimate of drug-likeness (QED) is 0.424. The summed E-state index contributed by atoms with van der Waals surface area (Å²) in [4.78, 5) is 32.8. The standard InChI is InChI=1S/C26H27N5O2/c1-15-3-5-17(27)14-21(15)18-7-8-20(25(28)32)24-23(18)19-6-4-16(13-22(19)29-24)26(33)31-11-9-30(2)10-12-31/h3-8,13-14,29H,9-12,27H2,1-2H3,(H2,28,32). The lowest BCUT2D eigenvalue weighted by molar-refractivity contribution is 0.0664. The maximum Gasteiger partial charge on any atom is 0.254 e. The minimum absolute atomic E-state index is 0.0191. The Bertz CT molecular complexity index is 1410. The molecule has 5 N–H and O–H groups in total. The molecule has 33 heavy (non-hydrogen) atoms. The van der Waals surface area contributed by atoms with E-state index in [1.54, 1.807) is 6.07 Å². The first kappa shape index (κ1) is 21.0. The number of likely N-dealkylation sites (N-methyl/N-ethyl adjacent to an activating group) is 1. The number of nitrogens with zero attached hydrogens (tertiary/aromatic N) is 2. The molecule has 7 heteroatoms. The van der Waals surface area contributed by atoms with Crippen molar-refractivity contribution in [1.82, 2.24) is 14.8 Å². The zero-order valence-corrected chi connectivity index (χ0v) is 18.8. The first-order valence-corrected chi connectivity index (χ1v) is 11.1. The lowest BCUT2D eigenvalue weighted by Crippen LogP contribution is -2.47. The van der Waals surface area contributed by atoms with Gasteiger partial charge in [-0.15, -0.1) is 0 Å². The molecule has 4 aromatic rings. The number of nitrogens with two attached hydrogens (primary N) is 2. The molecule has 2 amide bonds. The van der Waals surface area contributed by atoms with Crippen molar-refractivity contribution in [3.05, 3.63) is 65.2 Å². The fourth-order valence-corrected chi connectivity index (χ4v) is 4.70. The summed E-state index contributed by atoms with van der Waals surface area (Å²) in [7, 11) is 2.06. The molecule has 0 atom stereocenters. The molecule has 0 bridgehead atoms. The monoisotopic (exact) mass is 441 g/mol. The van der Waals surface area contributed by atoms with E-state index >= 15 is 0 Å². The Morgan fingerprint density at radius 3 is 2.42 bits per heavy atom. The largest absolute Gasteiger partial charge is 0.399 e. The summed E-state index contributed by atoms with van der Waals surface area (Å²) in [5, 5.41) is 1.83. The summed E-state index contributed by atoms with van der Waals surface area (Å²) in [6, 6.07) is 15.2. The number of anilines is 1. The predicted octanol–water partition coefficient (Wildman–Crippen LogP) is 3.37. The van der Waals surface area contributed by atoms with Crippen molar-refractivity contribution in [1.29, 1.82) is 0 Å². The minimum atomic E-state index is -0.504. The summed E-state index contributed by atoms with van der Waals surface area (Å²) >= 11 is 0. The van der Waals surface area contributed by atoms with Crippen molar-refractivity contribution in [3.8, 4) is 11.1 Å². The van der Waals surface area contributed by atoms with E-state index in [1.807, 2.05) is 54.3 Å². The topological polar surface area (TPSA) is 108 Å². The number of H-pyrrole nitrogens is 1. The molecule has 7 nitrogen and oxygen atoms in total. The molecule has 1 aliphatic rings. The molecule has 0 unspecified atom stereocenters. The molecule has 1 aromatic heterocycles. The number of primary amides is 1. The molecule has 0 radical (unpaired) electrons. The van der Waals surface area contributed by atoms with E-state index < -0.39 is 5.91 Å². The van der Waals surface area contributed by atoms with Gasteiger partial charge in [-0.2, -0.15) is 0 Å². The van der Waals surface area contributed by atoms with Crippen LogP contribution in [0.25, 0.3) is 32.9 Å². The van der Waals surface area contributed by atoms with Crippen LogP contribution in [0.4, 0.5) is 5.69 Å². The van der Waals surface area contributed by atoms with Gasteiger partial charge < -0.3 is 26.3 Å². The highest BCUT2D eigenvalue weighted by molar-refractivity contribution is 6.20. The second kappa shape index (κ2) is 7.94. The normalized spacial score (nSPS) is 14.8. The van der Waals surface area contributed by atoms with Gasteiger partial charge in [0, 0.05) is 53.7 Å². The summed E-state index contributed by atoms with van der Waals surface area (Å²) < 4.78 is 0. The van der Waals surface area contributed by atoms with Crippen LogP contribution in [0.5, 0.6) is 0 Å². The number of carbonyl (C=O) groups excluding carboxylic acids is 2. The number of aryl methyl sites for hydroxylation is 1. The molecule has 0 aliphatic carbocycles. The van der Waals surface area contributed by atoms with E-state index in [-0.39, 0.29) is 5.91 Å². The van der Waals surface area contributed by atoms with Crippen molar-refractivity contribution >= 4 is 39.3 Å².